The summed E-state index contributed by atoms with van der Waals surface area (Å²) in [5, 5.41) is 6.79. The summed E-state index contributed by atoms with van der Waals surface area (Å²) in [6.45, 7) is 7.66. The Morgan fingerprint density at radius 3 is 2.24 bits per heavy atom. The van der Waals surface area contributed by atoms with Gasteiger partial charge in [-0.2, -0.15) is 0 Å². The fourth-order valence-electron chi connectivity index (χ4n) is 5.03. The first-order valence-corrected chi connectivity index (χ1v) is 15.0. The highest BCUT2D eigenvalue weighted by Gasteiger charge is 2.38. The van der Waals surface area contributed by atoms with E-state index in [4.69, 9.17) is 0 Å². The summed E-state index contributed by atoms with van der Waals surface area (Å²) in [7, 11) is -2.68. The average Bonchev–Trinajstić information content (AvgIpc) is 2.93. The van der Waals surface area contributed by atoms with E-state index >= 15 is 0 Å². The van der Waals surface area contributed by atoms with Crippen molar-refractivity contribution < 1.29 is 28.6 Å². The van der Waals surface area contributed by atoms with Crippen LogP contribution in [-0.2, 0) is 25.4 Å². The standard InChI is InChI=1S/C28H38N3O6P/c1-17(2)12-21(26(33)30-23(13-18(3)4)27(34)29-5)15-38(36,37)16-31-24(32)14-20-10-6-8-19-9-7-11-22(25(19)20)28(31)35/h6-11,17-18,21,23H,12-16H2,1-5H3,(H,29,34)(H,30,33)(H,36,37)/t21?,23-/m0/s1. The molecule has 0 aliphatic carbocycles. The van der Waals surface area contributed by atoms with Gasteiger partial charge in [0.1, 0.15) is 12.3 Å². The zero-order valence-corrected chi connectivity index (χ0v) is 23.6. The van der Waals surface area contributed by atoms with Crippen LogP contribution in [0.15, 0.2) is 36.4 Å². The third-order valence-electron chi connectivity index (χ3n) is 6.69. The van der Waals surface area contributed by atoms with Crippen LogP contribution in [0, 0.1) is 17.8 Å². The molecule has 206 valence electrons. The fraction of sp³-hybridized carbons (Fsp3) is 0.500. The van der Waals surface area contributed by atoms with Gasteiger partial charge in [0.25, 0.3) is 5.91 Å². The lowest BCUT2D eigenvalue weighted by Crippen LogP contribution is -2.49. The maximum absolute atomic E-state index is 13.5. The van der Waals surface area contributed by atoms with Gasteiger partial charge in [-0.3, -0.25) is 28.6 Å². The fourth-order valence-corrected chi connectivity index (χ4v) is 6.87. The Kier molecular flexibility index (Phi) is 9.49. The number of amides is 4. The minimum Gasteiger partial charge on any atom is -0.357 e. The molecule has 3 N–H and O–H groups in total. The molecule has 9 nitrogen and oxygen atoms in total. The van der Waals surface area contributed by atoms with Gasteiger partial charge >= 0.3 is 0 Å². The van der Waals surface area contributed by atoms with Crippen LogP contribution < -0.4 is 10.6 Å². The second-order valence-electron chi connectivity index (χ2n) is 10.9. The first kappa shape index (κ1) is 29.5. The molecule has 3 rings (SSSR count). The Bertz CT molecular complexity index is 1270. The molecular weight excluding hydrogens is 505 g/mol. The number of rotatable bonds is 11. The number of benzene rings is 2. The molecule has 3 atom stereocenters. The van der Waals surface area contributed by atoms with Gasteiger partial charge in [-0.25, -0.2) is 0 Å². The molecule has 0 aromatic heterocycles. The molecule has 38 heavy (non-hydrogen) atoms. The number of hydrogen-bond acceptors (Lipinski definition) is 5. The van der Waals surface area contributed by atoms with Crippen molar-refractivity contribution in [2.24, 2.45) is 17.8 Å². The molecule has 0 radical (unpaired) electrons. The summed E-state index contributed by atoms with van der Waals surface area (Å²) < 4.78 is 13.5. The average molecular weight is 544 g/mol. The van der Waals surface area contributed by atoms with Crippen LogP contribution in [0.3, 0.4) is 0 Å². The topological polar surface area (TPSA) is 133 Å². The molecule has 0 fully saturated rings. The Hall–Kier alpha value is -3.03. The van der Waals surface area contributed by atoms with Crippen LogP contribution in [0.5, 0.6) is 0 Å². The minimum absolute atomic E-state index is 0.0304. The summed E-state index contributed by atoms with van der Waals surface area (Å²) in [4.78, 5) is 64.0. The molecule has 1 aliphatic heterocycles. The van der Waals surface area contributed by atoms with E-state index in [0.29, 0.717) is 29.4 Å². The van der Waals surface area contributed by atoms with Crippen molar-refractivity contribution in [1.29, 1.82) is 0 Å². The van der Waals surface area contributed by atoms with Crippen LogP contribution >= 0.6 is 7.37 Å². The highest BCUT2D eigenvalue weighted by molar-refractivity contribution is 7.58. The third kappa shape index (κ3) is 7.08. The molecular formula is C28H38N3O6P. The zero-order valence-electron chi connectivity index (χ0n) is 22.7. The van der Waals surface area contributed by atoms with Crippen LogP contribution in [-0.4, -0.2) is 59.0 Å². The van der Waals surface area contributed by atoms with Crippen molar-refractivity contribution in [3.8, 4) is 0 Å². The number of nitrogens with zero attached hydrogens (tertiary/aromatic N) is 1. The van der Waals surface area contributed by atoms with Crippen LogP contribution in [0.4, 0.5) is 0 Å². The smallest absolute Gasteiger partial charge is 0.261 e. The molecule has 0 spiro atoms. The largest absolute Gasteiger partial charge is 0.357 e. The van der Waals surface area contributed by atoms with Gasteiger partial charge in [0.05, 0.1) is 6.42 Å². The molecule has 2 aromatic rings. The Morgan fingerprint density at radius 2 is 1.63 bits per heavy atom. The van der Waals surface area contributed by atoms with Gasteiger partial charge in [0.15, 0.2) is 0 Å². The van der Waals surface area contributed by atoms with Crippen LogP contribution in [0.1, 0.15) is 56.5 Å². The molecule has 0 saturated heterocycles. The van der Waals surface area contributed by atoms with E-state index in [-0.39, 0.29) is 24.2 Å². The SMILES string of the molecule is CNC(=O)[C@H](CC(C)C)NC(=O)C(CC(C)C)CP(=O)(O)CN1C(=O)Cc2cccc3cccc(c23)C1=O. The molecule has 1 heterocycles. The number of likely N-dealkylation sites (N-methyl/N-ethyl adjacent to an activating group) is 1. The summed E-state index contributed by atoms with van der Waals surface area (Å²) in [5.74, 6) is -2.72. The number of carbonyl (C=O) groups is 4. The number of carbonyl (C=O) groups excluding carboxylic acids is 4. The lowest BCUT2D eigenvalue weighted by Gasteiger charge is -2.27. The first-order valence-electron chi connectivity index (χ1n) is 13.0. The highest BCUT2D eigenvalue weighted by atomic mass is 31.2. The van der Waals surface area contributed by atoms with Crippen molar-refractivity contribution >= 4 is 41.8 Å². The highest BCUT2D eigenvalue weighted by Crippen LogP contribution is 2.45. The molecule has 4 amide bonds. The van der Waals surface area contributed by atoms with E-state index in [1.54, 1.807) is 18.2 Å². The monoisotopic (exact) mass is 543 g/mol. The van der Waals surface area contributed by atoms with Gasteiger partial charge in [-0.15, -0.1) is 0 Å². The first-order chi connectivity index (χ1) is 17.8. The summed E-state index contributed by atoms with van der Waals surface area (Å²) in [6, 6.07) is 9.86. The second kappa shape index (κ2) is 12.2. The van der Waals surface area contributed by atoms with Gasteiger partial charge in [-0.05, 0) is 47.1 Å². The summed E-state index contributed by atoms with van der Waals surface area (Å²) in [5.41, 5.74) is 0.997. The molecule has 10 heteroatoms. The molecule has 2 unspecified atom stereocenters. The van der Waals surface area contributed by atoms with Crippen molar-refractivity contribution in [3.63, 3.8) is 0 Å². The van der Waals surface area contributed by atoms with E-state index in [0.717, 1.165) is 10.3 Å². The Labute approximate surface area is 223 Å². The summed E-state index contributed by atoms with van der Waals surface area (Å²) in [6.07, 6.45) is -0.432. The van der Waals surface area contributed by atoms with E-state index in [1.165, 1.54) is 7.05 Å². The van der Waals surface area contributed by atoms with E-state index in [2.05, 4.69) is 10.6 Å². The lowest BCUT2D eigenvalue weighted by molar-refractivity contribution is -0.131. The van der Waals surface area contributed by atoms with E-state index < -0.39 is 49.5 Å². The van der Waals surface area contributed by atoms with Gasteiger partial charge < -0.3 is 15.5 Å². The van der Waals surface area contributed by atoms with Crippen molar-refractivity contribution in [2.45, 2.75) is 53.0 Å². The van der Waals surface area contributed by atoms with Crippen LogP contribution in [0.25, 0.3) is 10.8 Å². The maximum atomic E-state index is 13.5. The normalized spacial score (nSPS) is 16.8. The quantitative estimate of drug-likeness (QED) is 0.293. The van der Waals surface area contributed by atoms with Gasteiger partial charge in [-0.1, -0.05) is 58.0 Å². The van der Waals surface area contributed by atoms with Crippen molar-refractivity contribution in [2.75, 3.05) is 19.5 Å². The zero-order chi connectivity index (χ0) is 28.2. The number of imide groups is 1. The minimum atomic E-state index is -4.17. The predicted octanol–water partition coefficient (Wildman–Crippen LogP) is 3.53. The Morgan fingerprint density at radius 1 is 1.00 bits per heavy atom. The molecule has 2 aromatic carbocycles. The van der Waals surface area contributed by atoms with E-state index in [9.17, 15) is 28.6 Å². The van der Waals surface area contributed by atoms with E-state index in [1.807, 2.05) is 45.9 Å². The van der Waals surface area contributed by atoms with Gasteiger partial charge in [0, 0.05) is 24.7 Å². The van der Waals surface area contributed by atoms with Crippen molar-refractivity contribution in [1.82, 2.24) is 15.5 Å². The molecule has 0 bridgehead atoms. The van der Waals surface area contributed by atoms with Crippen molar-refractivity contribution in [3.05, 3.63) is 47.5 Å². The molecule has 0 saturated carbocycles. The number of nitrogens with one attached hydrogen (secondary N) is 2. The maximum Gasteiger partial charge on any atom is 0.261 e. The Balaban J connectivity index is 1.83. The third-order valence-corrected chi connectivity index (χ3v) is 8.43. The summed E-state index contributed by atoms with van der Waals surface area (Å²) >= 11 is 0. The lowest BCUT2D eigenvalue weighted by atomic mass is 9.96. The predicted molar refractivity (Wildman–Crippen MR) is 147 cm³/mol. The van der Waals surface area contributed by atoms with Gasteiger partial charge in [0.2, 0.25) is 25.1 Å². The molecule has 1 aliphatic rings. The van der Waals surface area contributed by atoms with Crippen LogP contribution in [0.2, 0.25) is 0 Å². The second-order valence-corrected chi connectivity index (χ2v) is 13.3. The number of hydrogen-bond donors (Lipinski definition) is 3.